The Morgan fingerprint density at radius 3 is 2.12 bits per heavy atom. The molecule has 0 radical (unpaired) electrons. The molecule has 1 aromatic carbocycles. The molecule has 0 aliphatic heterocycles. The van der Waals surface area contributed by atoms with E-state index in [0.29, 0.717) is 5.52 Å². The van der Waals surface area contributed by atoms with Gasteiger partial charge in [0.15, 0.2) is 5.03 Å². The number of benzene rings is 1. The SMILES string of the molecule is CC(C)N(C(=O)[C@H](C)S(=O)(=O)c1ccc2ccccc2n1)C(C)C. The van der Waals surface area contributed by atoms with Crippen molar-refractivity contribution in [1.29, 1.82) is 0 Å². The number of nitrogens with zero attached hydrogens (tertiary/aromatic N) is 2. The topological polar surface area (TPSA) is 67.3 Å². The molecule has 0 spiro atoms. The number of sulfone groups is 1. The van der Waals surface area contributed by atoms with Crippen molar-refractivity contribution in [3.8, 4) is 0 Å². The Bertz CT molecular complexity index is 836. The van der Waals surface area contributed by atoms with Gasteiger partial charge < -0.3 is 4.90 Å². The maximum Gasteiger partial charge on any atom is 0.241 e. The smallest absolute Gasteiger partial charge is 0.241 e. The summed E-state index contributed by atoms with van der Waals surface area (Å²) in [5, 5.41) is -0.369. The van der Waals surface area contributed by atoms with Crippen LogP contribution in [0.3, 0.4) is 0 Å². The van der Waals surface area contributed by atoms with Gasteiger partial charge in [0.2, 0.25) is 15.7 Å². The highest BCUT2D eigenvalue weighted by Crippen LogP contribution is 2.21. The molecule has 0 saturated heterocycles. The number of fused-ring (bicyclic) bond motifs is 1. The minimum absolute atomic E-state index is 0.0606. The molecule has 0 bridgehead atoms. The lowest BCUT2D eigenvalue weighted by Gasteiger charge is -2.32. The van der Waals surface area contributed by atoms with Gasteiger partial charge in [-0.05, 0) is 52.8 Å². The van der Waals surface area contributed by atoms with Crippen molar-refractivity contribution in [2.45, 2.75) is 57.0 Å². The Balaban J connectivity index is 2.42. The number of amides is 1. The Labute approximate surface area is 143 Å². The van der Waals surface area contributed by atoms with Gasteiger partial charge in [-0.2, -0.15) is 0 Å². The Morgan fingerprint density at radius 2 is 1.54 bits per heavy atom. The average molecular weight is 348 g/mol. The minimum Gasteiger partial charge on any atom is -0.337 e. The number of hydrogen-bond acceptors (Lipinski definition) is 4. The van der Waals surface area contributed by atoms with E-state index in [4.69, 9.17) is 0 Å². The lowest BCUT2D eigenvalue weighted by molar-refractivity contribution is -0.134. The third kappa shape index (κ3) is 3.43. The summed E-state index contributed by atoms with van der Waals surface area (Å²) in [6.45, 7) is 8.96. The summed E-state index contributed by atoms with van der Waals surface area (Å²) in [7, 11) is -3.84. The van der Waals surface area contributed by atoms with Crippen molar-refractivity contribution in [1.82, 2.24) is 9.88 Å². The summed E-state index contributed by atoms with van der Waals surface area (Å²) in [5.41, 5.74) is 0.600. The number of rotatable bonds is 5. The minimum atomic E-state index is -3.84. The number of pyridine rings is 1. The zero-order valence-corrected chi connectivity index (χ0v) is 15.5. The van der Waals surface area contributed by atoms with Gasteiger partial charge in [-0.1, -0.05) is 18.2 Å². The van der Waals surface area contributed by atoms with Crippen LogP contribution in [-0.4, -0.2) is 41.5 Å². The molecule has 1 amide bonds. The summed E-state index contributed by atoms with van der Waals surface area (Å²) in [5.74, 6) is -0.394. The molecule has 1 atom stereocenters. The van der Waals surface area contributed by atoms with Crippen molar-refractivity contribution in [3.05, 3.63) is 36.4 Å². The highest BCUT2D eigenvalue weighted by atomic mass is 32.2. The summed E-state index contributed by atoms with van der Waals surface area (Å²) in [6, 6.07) is 10.3. The second-order valence-electron chi connectivity index (χ2n) is 6.46. The van der Waals surface area contributed by atoms with Gasteiger partial charge in [0, 0.05) is 17.5 Å². The molecule has 0 saturated carbocycles. The zero-order chi connectivity index (χ0) is 18.1. The van der Waals surface area contributed by atoms with E-state index in [1.165, 1.54) is 13.0 Å². The average Bonchev–Trinajstić information content (AvgIpc) is 2.52. The molecule has 24 heavy (non-hydrogen) atoms. The predicted octanol–water partition coefficient (Wildman–Crippen LogP) is 3.04. The van der Waals surface area contributed by atoms with Crippen LogP contribution in [0.5, 0.6) is 0 Å². The van der Waals surface area contributed by atoms with Crippen molar-refractivity contribution in [2.24, 2.45) is 0 Å². The molecule has 2 aromatic rings. The van der Waals surface area contributed by atoms with Crippen molar-refractivity contribution >= 4 is 26.6 Å². The Hall–Kier alpha value is -1.95. The number of para-hydroxylation sites is 1. The third-order valence-electron chi connectivity index (χ3n) is 4.04. The van der Waals surface area contributed by atoms with E-state index in [-0.39, 0.29) is 17.1 Å². The molecule has 0 aliphatic carbocycles. The molecule has 0 fully saturated rings. The van der Waals surface area contributed by atoms with E-state index >= 15 is 0 Å². The van der Waals surface area contributed by atoms with E-state index in [2.05, 4.69) is 4.98 Å². The number of carbonyl (C=O) groups is 1. The maximum absolute atomic E-state index is 12.9. The molecular weight excluding hydrogens is 324 g/mol. The molecule has 1 aromatic heterocycles. The Kier molecular flexibility index (Phi) is 5.28. The van der Waals surface area contributed by atoms with Gasteiger partial charge in [0.05, 0.1) is 5.52 Å². The quantitative estimate of drug-likeness (QED) is 0.833. The summed E-state index contributed by atoms with van der Waals surface area (Å²) < 4.78 is 25.7. The predicted molar refractivity (Wildman–Crippen MR) is 95.5 cm³/mol. The van der Waals surface area contributed by atoms with Crippen LogP contribution in [0.2, 0.25) is 0 Å². The summed E-state index contributed by atoms with van der Waals surface area (Å²) in [4.78, 5) is 18.6. The standard InChI is InChI=1S/C18H24N2O3S/c1-12(2)20(13(3)4)18(21)14(5)24(22,23)17-11-10-15-8-6-7-9-16(15)19-17/h6-14H,1-5H3/t14-/m0/s1. The largest absolute Gasteiger partial charge is 0.337 e. The van der Waals surface area contributed by atoms with Crippen LogP contribution in [0, 0.1) is 0 Å². The monoisotopic (exact) mass is 348 g/mol. The van der Waals surface area contributed by atoms with Crippen LogP contribution in [0.15, 0.2) is 41.4 Å². The van der Waals surface area contributed by atoms with Crippen LogP contribution in [0.4, 0.5) is 0 Å². The van der Waals surface area contributed by atoms with Gasteiger partial charge >= 0.3 is 0 Å². The highest BCUT2D eigenvalue weighted by Gasteiger charge is 2.35. The van der Waals surface area contributed by atoms with Gasteiger partial charge in [-0.25, -0.2) is 13.4 Å². The second-order valence-corrected chi connectivity index (χ2v) is 8.68. The number of hydrogen-bond donors (Lipinski definition) is 0. The van der Waals surface area contributed by atoms with Gasteiger partial charge in [-0.15, -0.1) is 0 Å². The van der Waals surface area contributed by atoms with Gasteiger partial charge in [-0.3, -0.25) is 4.79 Å². The fraction of sp³-hybridized carbons (Fsp3) is 0.444. The second kappa shape index (κ2) is 6.89. The van der Waals surface area contributed by atoms with Crippen LogP contribution >= 0.6 is 0 Å². The van der Waals surface area contributed by atoms with Crippen LogP contribution < -0.4 is 0 Å². The lowest BCUT2D eigenvalue weighted by atomic mass is 10.2. The first-order chi connectivity index (χ1) is 11.2. The van der Waals surface area contributed by atoms with E-state index in [1.807, 2.05) is 39.8 Å². The maximum atomic E-state index is 12.9. The molecular formula is C18H24N2O3S. The molecule has 0 unspecified atom stereocenters. The van der Waals surface area contributed by atoms with E-state index in [1.54, 1.807) is 23.1 Å². The first-order valence-electron chi connectivity index (χ1n) is 8.08. The number of carbonyl (C=O) groups excluding carboxylic acids is 1. The van der Waals surface area contributed by atoms with E-state index < -0.39 is 21.0 Å². The van der Waals surface area contributed by atoms with E-state index in [0.717, 1.165) is 5.39 Å². The van der Waals surface area contributed by atoms with Crippen molar-refractivity contribution < 1.29 is 13.2 Å². The fourth-order valence-electron chi connectivity index (χ4n) is 2.83. The first-order valence-corrected chi connectivity index (χ1v) is 9.62. The first kappa shape index (κ1) is 18.4. The molecule has 5 nitrogen and oxygen atoms in total. The van der Waals surface area contributed by atoms with Crippen molar-refractivity contribution in [3.63, 3.8) is 0 Å². The van der Waals surface area contributed by atoms with E-state index in [9.17, 15) is 13.2 Å². The van der Waals surface area contributed by atoms with Gasteiger partial charge in [0.1, 0.15) is 5.25 Å². The molecule has 6 heteroatoms. The van der Waals surface area contributed by atoms with Gasteiger partial charge in [0.25, 0.3) is 0 Å². The normalized spacial score (nSPS) is 13.5. The number of aromatic nitrogens is 1. The van der Waals surface area contributed by atoms with Crippen LogP contribution in [-0.2, 0) is 14.6 Å². The molecule has 0 N–H and O–H groups in total. The molecule has 1 heterocycles. The molecule has 130 valence electrons. The molecule has 2 rings (SSSR count). The summed E-state index contributed by atoms with van der Waals surface area (Å²) >= 11 is 0. The fourth-order valence-corrected chi connectivity index (χ4v) is 4.07. The zero-order valence-electron chi connectivity index (χ0n) is 14.7. The van der Waals surface area contributed by atoms with Crippen LogP contribution in [0.25, 0.3) is 10.9 Å². The highest BCUT2D eigenvalue weighted by molar-refractivity contribution is 7.92. The molecule has 0 aliphatic rings. The van der Waals surface area contributed by atoms with Crippen LogP contribution in [0.1, 0.15) is 34.6 Å². The third-order valence-corrected chi connectivity index (χ3v) is 5.99. The van der Waals surface area contributed by atoms with Crippen molar-refractivity contribution in [2.75, 3.05) is 0 Å². The summed E-state index contributed by atoms with van der Waals surface area (Å²) in [6.07, 6.45) is 0. The Morgan fingerprint density at radius 1 is 0.958 bits per heavy atom. The lowest BCUT2D eigenvalue weighted by Crippen LogP contribution is -2.48.